The van der Waals surface area contributed by atoms with Crippen LogP contribution >= 0.6 is 0 Å². The van der Waals surface area contributed by atoms with Crippen molar-refractivity contribution in [3.63, 3.8) is 0 Å². The van der Waals surface area contributed by atoms with Crippen molar-refractivity contribution < 1.29 is 9.59 Å². The molecule has 0 aromatic heterocycles. The molecule has 6 nitrogen and oxygen atoms in total. The first-order valence-corrected chi connectivity index (χ1v) is 3.40. The zero-order valence-corrected chi connectivity index (χ0v) is 7.14. The number of carbonyl (C=O) groups excluding carboxylic acids is 2. The van der Waals surface area contributed by atoms with Gasteiger partial charge in [-0.2, -0.15) is 0 Å². The van der Waals surface area contributed by atoms with Crippen LogP contribution in [0.25, 0.3) is 0 Å². The van der Waals surface area contributed by atoms with E-state index in [4.69, 9.17) is 11.7 Å². The number of nitrogens with two attached hydrogens (primary N) is 2. The first-order valence-electron chi connectivity index (χ1n) is 3.40. The van der Waals surface area contributed by atoms with Crippen LogP contribution in [0.4, 0.5) is 0 Å². The van der Waals surface area contributed by atoms with E-state index in [1.54, 1.807) is 0 Å². The highest BCUT2D eigenvalue weighted by Gasteiger charge is 2.11. The quantitative estimate of drug-likeness (QED) is 0.187. The average Bonchev–Trinajstić information content (AvgIpc) is 2.14. The summed E-state index contributed by atoms with van der Waals surface area (Å²) in [6, 6.07) is 0. The van der Waals surface area contributed by atoms with E-state index < -0.39 is 11.8 Å². The van der Waals surface area contributed by atoms with Gasteiger partial charge in [-0.1, -0.05) is 13.2 Å². The van der Waals surface area contributed by atoms with Crippen LogP contribution in [-0.4, -0.2) is 28.5 Å². The summed E-state index contributed by atoms with van der Waals surface area (Å²) >= 11 is 0. The van der Waals surface area contributed by atoms with E-state index in [1.807, 2.05) is 0 Å². The number of rotatable bonds is 4. The highest BCUT2D eigenvalue weighted by atomic mass is 16.2. The summed E-state index contributed by atoms with van der Waals surface area (Å²) in [4.78, 5) is 21.6. The number of nitrogens with zero attached hydrogens (tertiary/aromatic N) is 2. The van der Waals surface area contributed by atoms with Crippen molar-refractivity contribution in [3.05, 3.63) is 25.3 Å². The predicted molar refractivity (Wildman–Crippen MR) is 47.3 cm³/mol. The lowest BCUT2D eigenvalue weighted by molar-refractivity contribution is -0.134. The predicted octanol–water partition coefficient (Wildman–Crippen LogP) is -1.28. The highest BCUT2D eigenvalue weighted by molar-refractivity contribution is 5.88. The third-order valence-electron chi connectivity index (χ3n) is 1.22. The Morgan fingerprint density at radius 3 is 1.62 bits per heavy atom. The van der Waals surface area contributed by atoms with Gasteiger partial charge >= 0.3 is 0 Å². The van der Waals surface area contributed by atoms with Crippen molar-refractivity contribution in [1.82, 2.24) is 10.0 Å². The molecule has 0 aromatic rings. The standard InChI is InChI=1S/C7H12N4O2/c1-3-6(12)10(8)5-11(9)7(13)4-2/h3-4H,1-2,5,8-9H2. The zero-order chi connectivity index (χ0) is 10.4. The van der Waals surface area contributed by atoms with Crippen LogP contribution in [0.15, 0.2) is 25.3 Å². The molecular formula is C7H12N4O2. The van der Waals surface area contributed by atoms with Gasteiger partial charge in [0.25, 0.3) is 11.8 Å². The third kappa shape index (κ3) is 3.50. The smallest absolute Gasteiger partial charge is 0.261 e. The lowest BCUT2D eigenvalue weighted by Gasteiger charge is -2.21. The van der Waals surface area contributed by atoms with Crippen LogP contribution in [0.3, 0.4) is 0 Å². The Hall–Kier alpha value is -1.66. The van der Waals surface area contributed by atoms with Gasteiger partial charge in [-0.15, -0.1) is 0 Å². The minimum absolute atomic E-state index is 0.213. The van der Waals surface area contributed by atoms with Crippen molar-refractivity contribution in [2.24, 2.45) is 11.7 Å². The molecule has 0 radical (unpaired) electrons. The fourth-order valence-electron chi connectivity index (χ4n) is 0.538. The Balaban J connectivity index is 4.12. The van der Waals surface area contributed by atoms with E-state index in [0.717, 1.165) is 22.2 Å². The van der Waals surface area contributed by atoms with Gasteiger partial charge in [0.2, 0.25) is 0 Å². The van der Waals surface area contributed by atoms with E-state index in [1.165, 1.54) is 0 Å². The maximum Gasteiger partial charge on any atom is 0.261 e. The second-order valence-corrected chi connectivity index (χ2v) is 2.17. The fourth-order valence-corrected chi connectivity index (χ4v) is 0.538. The molecule has 0 bridgehead atoms. The van der Waals surface area contributed by atoms with E-state index in [-0.39, 0.29) is 6.67 Å². The molecule has 0 heterocycles. The molecule has 0 saturated carbocycles. The molecule has 72 valence electrons. The average molecular weight is 184 g/mol. The topological polar surface area (TPSA) is 92.7 Å². The molecule has 0 aliphatic rings. The van der Waals surface area contributed by atoms with Gasteiger partial charge in [-0.3, -0.25) is 19.6 Å². The van der Waals surface area contributed by atoms with Crippen molar-refractivity contribution in [1.29, 1.82) is 0 Å². The van der Waals surface area contributed by atoms with E-state index in [9.17, 15) is 9.59 Å². The van der Waals surface area contributed by atoms with Crippen molar-refractivity contribution in [2.75, 3.05) is 6.67 Å². The van der Waals surface area contributed by atoms with Crippen LogP contribution in [-0.2, 0) is 9.59 Å². The largest absolute Gasteiger partial charge is 0.268 e. The number of hydrogen-bond donors (Lipinski definition) is 2. The zero-order valence-electron chi connectivity index (χ0n) is 7.14. The second kappa shape index (κ2) is 5.07. The Kier molecular flexibility index (Phi) is 4.42. The van der Waals surface area contributed by atoms with Crippen LogP contribution in [0, 0.1) is 0 Å². The first kappa shape index (κ1) is 11.3. The molecule has 0 saturated heterocycles. The Labute approximate surface area is 76.0 Å². The summed E-state index contributed by atoms with van der Waals surface area (Å²) in [6.45, 7) is 6.22. The lowest BCUT2D eigenvalue weighted by Crippen LogP contribution is -2.49. The molecule has 0 aliphatic heterocycles. The minimum Gasteiger partial charge on any atom is -0.268 e. The molecule has 0 fully saturated rings. The molecular weight excluding hydrogens is 172 g/mol. The van der Waals surface area contributed by atoms with Gasteiger partial charge in [-0.25, -0.2) is 11.7 Å². The maximum atomic E-state index is 10.8. The molecule has 0 atom stereocenters. The van der Waals surface area contributed by atoms with Crippen molar-refractivity contribution in [3.8, 4) is 0 Å². The normalized spacial score (nSPS) is 8.77. The molecule has 13 heavy (non-hydrogen) atoms. The maximum absolute atomic E-state index is 10.8. The van der Waals surface area contributed by atoms with Gasteiger partial charge in [0.15, 0.2) is 0 Å². The summed E-state index contributed by atoms with van der Waals surface area (Å²) in [5.74, 6) is 9.41. The summed E-state index contributed by atoms with van der Waals surface area (Å²) in [5, 5.41) is 1.52. The molecule has 0 spiro atoms. The van der Waals surface area contributed by atoms with Gasteiger partial charge in [0.05, 0.1) is 0 Å². The van der Waals surface area contributed by atoms with E-state index >= 15 is 0 Å². The van der Waals surface area contributed by atoms with Crippen molar-refractivity contribution >= 4 is 11.8 Å². The molecule has 2 amide bonds. The minimum atomic E-state index is -0.521. The Bertz CT molecular complexity index is 215. The number of carbonyl (C=O) groups is 2. The van der Waals surface area contributed by atoms with Gasteiger partial charge < -0.3 is 0 Å². The highest BCUT2D eigenvalue weighted by Crippen LogP contribution is 1.86. The summed E-state index contributed by atoms with van der Waals surface area (Å²) in [5.41, 5.74) is 0. The number of amides is 2. The van der Waals surface area contributed by atoms with Gasteiger partial charge in [-0.05, 0) is 12.2 Å². The summed E-state index contributed by atoms with van der Waals surface area (Å²) in [6.07, 6.45) is 2.04. The summed E-state index contributed by atoms with van der Waals surface area (Å²) < 4.78 is 0. The SMILES string of the molecule is C=CC(=O)N(N)CN(N)C(=O)C=C. The number of hydrazine groups is 2. The monoisotopic (exact) mass is 184 g/mol. The van der Waals surface area contributed by atoms with Crippen molar-refractivity contribution in [2.45, 2.75) is 0 Å². The van der Waals surface area contributed by atoms with Crippen LogP contribution in [0.1, 0.15) is 0 Å². The summed E-state index contributed by atoms with van der Waals surface area (Å²) in [7, 11) is 0. The lowest BCUT2D eigenvalue weighted by atomic mass is 10.5. The molecule has 4 N–H and O–H groups in total. The molecule has 0 rings (SSSR count). The Morgan fingerprint density at radius 2 is 1.38 bits per heavy atom. The molecule has 6 heteroatoms. The molecule has 0 unspecified atom stereocenters. The van der Waals surface area contributed by atoms with Gasteiger partial charge in [0.1, 0.15) is 6.67 Å². The fraction of sp³-hybridized carbons (Fsp3) is 0.143. The second-order valence-electron chi connectivity index (χ2n) is 2.17. The van der Waals surface area contributed by atoms with E-state index in [0.29, 0.717) is 0 Å². The Morgan fingerprint density at radius 1 is 1.08 bits per heavy atom. The van der Waals surface area contributed by atoms with Crippen LogP contribution in [0.5, 0.6) is 0 Å². The molecule has 0 aromatic carbocycles. The van der Waals surface area contributed by atoms with E-state index in [2.05, 4.69) is 13.2 Å². The van der Waals surface area contributed by atoms with Crippen LogP contribution < -0.4 is 11.7 Å². The number of hydrogen-bond acceptors (Lipinski definition) is 4. The van der Waals surface area contributed by atoms with Crippen LogP contribution in [0.2, 0.25) is 0 Å². The molecule has 0 aliphatic carbocycles. The third-order valence-corrected chi connectivity index (χ3v) is 1.22. The first-order chi connectivity index (χ1) is 6.02. The van der Waals surface area contributed by atoms with Gasteiger partial charge in [0, 0.05) is 0 Å².